The second-order valence-electron chi connectivity index (χ2n) is 4.79. The Hall–Kier alpha value is -0.960. The van der Waals surface area contributed by atoms with Crippen molar-refractivity contribution in [2.24, 2.45) is 11.8 Å². The Kier molecular flexibility index (Phi) is 3.24. The highest BCUT2D eigenvalue weighted by atomic mass is 35.5. The summed E-state index contributed by atoms with van der Waals surface area (Å²) < 4.78 is 1.77. The van der Waals surface area contributed by atoms with Crippen LogP contribution in [0, 0.1) is 11.8 Å². The summed E-state index contributed by atoms with van der Waals surface area (Å²) >= 11 is 5.84. The van der Waals surface area contributed by atoms with Gasteiger partial charge in [0.05, 0.1) is 5.02 Å². The molecule has 0 aromatic carbocycles. The highest BCUT2D eigenvalue weighted by Gasteiger charge is 2.23. The molecule has 4 heteroatoms. The van der Waals surface area contributed by atoms with Crippen LogP contribution in [0.2, 0.25) is 5.02 Å². The van der Waals surface area contributed by atoms with E-state index in [4.69, 9.17) is 16.7 Å². The number of carboxylic acids is 1. The Morgan fingerprint density at radius 1 is 1.62 bits per heavy atom. The summed E-state index contributed by atoms with van der Waals surface area (Å²) in [5.41, 5.74) is 0.296. The number of aromatic nitrogens is 1. The van der Waals surface area contributed by atoms with Crippen LogP contribution in [0.15, 0.2) is 12.3 Å². The topological polar surface area (TPSA) is 42.2 Å². The Balaban J connectivity index is 2.11. The maximum atomic E-state index is 11.0. The second-order valence-corrected chi connectivity index (χ2v) is 5.22. The number of hydrogen-bond acceptors (Lipinski definition) is 1. The number of rotatable bonds is 3. The first-order valence-electron chi connectivity index (χ1n) is 5.65. The van der Waals surface area contributed by atoms with Gasteiger partial charge in [-0.05, 0) is 30.7 Å². The van der Waals surface area contributed by atoms with E-state index in [9.17, 15) is 4.79 Å². The smallest absolute Gasteiger partial charge is 0.352 e. The molecule has 2 unspecified atom stereocenters. The molecule has 1 aliphatic rings. The summed E-state index contributed by atoms with van der Waals surface area (Å²) in [6, 6.07) is 1.52. The summed E-state index contributed by atoms with van der Waals surface area (Å²) in [5, 5.41) is 9.53. The molecule has 1 aliphatic carbocycles. The highest BCUT2D eigenvalue weighted by Crippen LogP contribution is 2.32. The average molecular weight is 242 g/mol. The van der Waals surface area contributed by atoms with Gasteiger partial charge in [0.15, 0.2) is 0 Å². The van der Waals surface area contributed by atoms with Crippen molar-refractivity contribution in [1.82, 2.24) is 4.57 Å². The third-order valence-electron chi connectivity index (χ3n) is 3.34. The molecule has 0 spiro atoms. The van der Waals surface area contributed by atoms with Crippen LogP contribution in [-0.2, 0) is 6.54 Å². The number of aromatic carboxylic acids is 1. The Bertz CT molecular complexity index is 400. The lowest BCUT2D eigenvalue weighted by Gasteiger charge is -2.12. The molecule has 1 fully saturated rings. The van der Waals surface area contributed by atoms with Crippen molar-refractivity contribution in [2.45, 2.75) is 32.7 Å². The molecule has 0 radical (unpaired) electrons. The molecule has 3 nitrogen and oxygen atoms in total. The van der Waals surface area contributed by atoms with Gasteiger partial charge in [0, 0.05) is 12.7 Å². The van der Waals surface area contributed by atoms with E-state index in [1.807, 2.05) is 0 Å². The molecule has 1 saturated carbocycles. The molecule has 1 aromatic rings. The van der Waals surface area contributed by atoms with E-state index in [0.717, 1.165) is 12.5 Å². The normalized spacial score (nSPS) is 24.9. The van der Waals surface area contributed by atoms with Gasteiger partial charge in [0.25, 0.3) is 0 Å². The molecule has 0 saturated heterocycles. The standard InChI is InChI=1S/C12H16ClNO2/c1-8-2-3-9(4-8)6-14-7-10(13)5-11(14)12(15)16/h5,7-9H,2-4,6H2,1H3,(H,15,16). The SMILES string of the molecule is CC1CCC(Cn2cc(Cl)cc2C(=O)O)C1. The van der Waals surface area contributed by atoms with Crippen LogP contribution in [0.5, 0.6) is 0 Å². The van der Waals surface area contributed by atoms with Crippen molar-refractivity contribution in [1.29, 1.82) is 0 Å². The van der Waals surface area contributed by atoms with Crippen LogP contribution in [0.4, 0.5) is 0 Å². The van der Waals surface area contributed by atoms with Gasteiger partial charge in [-0.25, -0.2) is 4.79 Å². The van der Waals surface area contributed by atoms with Crippen molar-refractivity contribution in [3.05, 3.63) is 23.0 Å². The van der Waals surface area contributed by atoms with Gasteiger partial charge in [-0.15, -0.1) is 0 Å². The minimum absolute atomic E-state index is 0.296. The van der Waals surface area contributed by atoms with Crippen molar-refractivity contribution in [3.63, 3.8) is 0 Å². The average Bonchev–Trinajstić information content (AvgIpc) is 2.74. The van der Waals surface area contributed by atoms with E-state index in [1.165, 1.54) is 25.3 Å². The van der Waals surface area contributed by atoms with Crippen LogP contribution in [-0.4, -0.2) is 15.6 Å². The summed E-state index contributed by atoms with van der Waals surface area (Å²) in [5.74, 6) is 0.457. The van der Waals surface area contributed by atoms with E-state index in [2.05, 4.69) is 6.92 Å². The summed E-state index contributed by atoms with van der Waals surface area (Å²) in [4.78, 5) is 11.0. The zero-order valence-electron chi connectivity index (χ0n) is 9.32. The lowest BCUT2D eigenvalue weighted by Crippen LogP contribution is -2.12. The van der Waals surface area contributed by atoms with Gasteiger partial charge in [0.2, 0.25) is 0 Å². The third kappa shape index (κ3) is 2.40. The van der Waals surface area contributed by atoms with Crippen molar-refractivity contribution >= 4 is 17.6 Å². The predicted molar refractivity (Wildman–Crippen MR) is 62.9 cm³/mol. The van der Waals surface area contributed by atoms with Crippen molar-refractivity contribution in [2.75, 3.05) is 0 Å². The van der Waals surface area contributed by atoms with E-state index >= 15 is 0 Å². The number of hydrogen-bond donors (Lipinski definition) is 1. The van der Waals surface area contributed by atoms with Crippen LogP contribution >= 0.6 is 11.6 Å². The molecular weight excluding hydrogens is 226 g/mol. The van der Waals surface area contributed by atoms with E-state index in [1.54, 1.807) is 10.8 Å². The molecule has 0 bridgehead atoms. The van der Waals surface area contributed by atoms with Crippen LogP contribution < -0.4 is 0 Å². The first-order chi connectivity index (χ1) is 7.56. The predicted octanol–water partition coefficient (Wildman–Crippen LogP) is 3.28. The van der Waals surface area contributed by atoms with Crippen LogP contribution in [0.3, 0.4) is 0 Å². The third-order valence-corrected chi connectivity index (χ3v) is 3.55. The fourth-order valence-corrected chi connectivity index (χ4v) is 2.79. The summed E-state index contributed by atoms with van der Waals surface area (Å²) in [7, 11) is 0. The zero-order valence-corrected chi connectivity index (χ0v) is 10.1. The minimum Gasteiger partial charge on any atom is -0.477 e. The Morgan fingerprint density at radius 2 is 2.38 bits per heavy atom. The molecule has 2 rings (SSSR count). The van der Waals surface area contributed by atoms with E-state index < -0.39 is 5.97 Å². The molecular formula is C12H16ClNO2. The number of halogens is 1. The van der Waals surface area contributed by atoms with Gasteiger partial charge in [0.1, 0.15) is 5.69 Å². The second kappa shape index (κ2) is 4.50. The lowest BCUT2D eigenvalue weighted by molar-refractivity contribution is 0.0684. The molecule has 1 heterocycles. The van der Waals surface area contributed by atoms with Gasteiger partial charge in [-0.1, -0.05) is 24.9 Å². The van der Waals surface area contributed by atoms with E-state index in [-0.39, 0.29) is 0 Å². The molecule has 88 valence electrons. The van der Waals surface area contributed by atoms with Crippen molar-refractivity contribution in [3.8, 4) is 0 Å². The van der Waals surface area contributed by atoms with Gasteiger partial charge in [-0.2, -0.15) is 0 Å². The fourth-order valence-electron chi connectivity index (χ4n) is 2.57. The monoisotopic (exact) mass is 241 g/mol. The zero-order chi connectivity index (χ0) is 11.7. The van der Waals surface area contributed by atoms with Crippen LogP contribution in [0.25, 0.3) is 0 Å². The maximum absolute atomic E-state index is 11.0. The molecule has 1 N–H and O–H groups in total. The first kappa shape index (κ1) is 11.5. The van der Waals surface area contributed by atoms with Gasteiger partial charge >= 0.3 is 5.97 Å². The van der Waals surface area contributed by atoms with Crippen molar-refractivity contribution < 1.29 is 9.90 Å². The summed E-state index contributed by atoms with van der Waals surface area (Å²) in [6.07, 6.45) is 5.35. The molecule has 0 aliphatic heterocycles. The van der Waals surface area contributed by atoms with Crippen LogP contribution in [0.1, 0.15) is 36.7 Å². The summed E-state index contributed by atoms with van der Waals surface area (Å²) in [6.45, 7) is 3.03. The number of carboxylic acid groups (broad SMARTS) is 1. The Morgan fingerprint density at radius 3 is 2.94 bits per heavy atom. The lowest BCUT2D eigenvalue weighted by atomic mass is 10.1. The van der Waals surface area contributed by atoms with Gasteiger partial charge in [-0.3, -0.25) is 0 Å². The fraction of sp³-hybridized carbons (Fsp3) is 0.583. The van der Waals surface area contributed by atoms with Gasteiger partial charge < -0.3 is 9.67 Å². The molecule has 16 heavy (non-hydrogen) atoms. The quantitative estimate of drug-likeness (QED) is 0.883. The first-order valence-corrected chi connectivity index (χ1v) is 6.03. The Labute approximate surface area is 100 Å². The highest BCUT2D eigenvalue weighted by molar-refractivity contribution is 6.30. The maximum Gasteiger partial charge on any atom is 0.352 e. The molecule has 0 amide bonds. The number of carbonyl (C=O) groups is 1. The molecule has 2 atom stereocenters. The van der Waals surface area contributed by atoms with E-state index in [0.29, 0.717) is 16.6 Å². The number of nitrogens with zero attached hydrogens (tertiary/aromatic N) is 1. The molecule has 1 aromatic heterocycles. The largest absolute Gasteiger partial charge is 0.477 e. The minimum atomic E-state index is -0.905.